The van der Waals surface area contributed by atoms with Gasteiger partial charge in [-0.05, 0) is 37.5 Å². The van der Waals surface area contributed by atoms with Crippen molar-refractivity contribution in [1.82, 2.24) is 19.2 Å². The van der Waals surface area contributed by atoms with Crippen molar-refractivity contribution in [3.8, 4) is 5.69 Å². The lowest BCUT2D eigenvalue weighted by Crippen LogP contribution is -2.45. The fourth-order valence-electron chi connectivity index (χ4n) is 3.12. The molecule has 140 valence electrons. The minimum Gasteiger partial charge on any atom is -0.352 e. The summed E-state index contributed by atoms with van der Waals surface area (Å²) in [6.07, 6.45) is 6.77. The zero-order valence-corrected chi connectivity index (χ0v) is 15.7. The van der Waals surface area contributed by atoms with Gasteiger partial charge in [-0.25, -0.2) is 17.7 Å². The third-order valence-electron chi connectivity index (χ3n) is 4.72. The second-order valence-electron chi connectivity index (χ2n) is 6.45. The minimum absolute atomic E-state index is 0.0740. The third-order valence-corrected chi connectivity index (χ3v) is 6.57. The van der Waals surface area contributed by atoms with Crippen LogP contribution in [0.4, 0.5) is 0 Å². The van der Waals surface area contributed by atoms with E-state index in [2.05, 4.69) is 10.3 Å². The van der Waals surface area contributed by atoms with Crippen molar-refractivity contribution in [2.45, 2.75) is 26.3 Å². The molecule has 1 fully saturated rings. The smallest absolute Gasteiger partial charge is 0.224 e. The number of carbonyl (C=O) groups excluding carboxylic acids is 1. The van der Waals surface area contributed by atoms with Crippen molar-refractivity contribution >= 4 is 15.9 Å². The van der Waals surface area contributed by atoms with Crippen LogP contribution in [0.3, 0.4) is 0 Å². The van der Waals surface area contributed by atoms with Crippen LogP contribution in [0.1, 0.15) is 25.3 Å². The summed E-state index contributed by atoms with van der Waals surface area (Å²) in [6.45, 7) is 2.85. The summed E-state index contributed by atoms with van der Waals surface area (Å²) in [5.74, 6) is -0.292. The quantitative estimate of drug-likeness (QED) is 0.829. The monoisotopic (exact) mass is 376 g/mol. The number of nitrogens with one attached hydrogen (secondary N) is 1. The van der Waals surface area contributed by atoms with E-state index in [4.69, 9.17) is 0 Å². The van der Waals surface area contributed by atoms with Crippen LogP contribution in [0, 0.1) is 5.92 Å². The highest BCUT2D eigenvalue weighted by molar-refractivity contribution is 7.89. The minimum atomic E-state index is -3.24. The summed E-state index contributed by atoms with van der Waals surface area (Å²) in [5, 5.41) is 2.93. The Morgan fingerprint density at radius 2 is 2.08 bits per heavy atom. The topological polar surface area (TPSA) is 84.3 Å². The second-order valence-corrected chi connectivity index (χ2v) is 8.71. The summed E-state index contributed by atoms with van der Waals surface area (Å²) in [7, 11) is -3.24. The number of aromatic nitrogens is 2. The van der Waals surface area contributed by atoms with E-state index < -0.39 is 10.0 Å². The Balaban J connectivity index is 1.55. The molecule has 1 saturated heterocycles. The number of piperidine rings is 1. The normalized spacial score (nSPS) is 18.6. The number of carbonyl (C=O) groups is 1. The van der Waals surface area contributed by atoms with Crippen LogP contribution < -0.4 is 5.32 Å². The van der Waals surface area contributed by atoms with Crippen molar-refractivity contribution in [2.24, 2.45) is 5.92 Å². The SMILES string of the molecule is CCS(=O)(=O)N1CCC[C@@H](C(=O)NCc2ccc(-n3ccnc3)cc2)C1. The van der Waals surface area contributed by atoms with Crippen molar-refractivity contribution < 1.29 is 13.2 Å². The highest BCUT2D eigenvalue weighted by Gasteiger charge is 2.31. The molecule has 0 aliphatic carbocycles. The van der Waals surface area contributed by atoms with E-state index in [1.807, 2.05) is 35.0 Å². The van der Waals surface area contributed by atoms with Crippen molar-refractivity contribution in [2.75, 3.05) is 18.8 Å². The molecule has 1 aliphatic rings. The lowest BCUT2D eigenvalue weighted by Gasteiger charge is -2.30. The molecule has 0 unspecified atom stereocenters. The molecule has 7 nitrogen and oxygen atoms in total. The maximum absolute atomic E-state index is 12.4. The molecule has 1 atom stereocenters. The molecule has 2 aromatic rings. The van der Waals surface area contributed by atoms with Crippen LogP contribution in [-0.2, 0) is 21.4 Å². The fraction of sp³-hybridized carbons (Fsp3) is 0.444. The van der Waals surface area contributed by atoms with Crippen molar-refractivity contribution in [1.29, 1.82) is 0 Å². The number of sulfonamides is 1. The van der Waals surface area contributed by atoms with Crippen LogP contribution >= 0.6 is 0 Å². The Kier molecular flexibility index (Phi) is 5.73. The van der Waals surface area contributed by atoms with Gasteiger partial charge in [0.05, 0.1) is 18.0 Å². The van der Waals surface area contributed by atoms with E-state index in [0.29, 0.717) is 13.1 Å². The molecule has 0 radical (unpaired) electrons. The lowest BCUT2D eigenvalue weighted by molar-refractivity contribution is -0.126. The van der Waals surface area contributed by atoms with E-state index in [1.54, 1.807) is 19.4 Å². The number of benzene rings is 1. The van der Waals surface area contributed by atoms with E-state index >= 15 is 0 Å². The maximum atomic E-state index is 12.4. The largest absolute Gasteiger partial charge is 0.352 e. The van der Waals surface area contributed by atoms with Gasteiger partial charge < -0.3 is 9.88 Å². The van der Waals surface area contributed by atoms with Crippen LogP contribution in [0.2, 0.25) is 0 Å². The first-order valence-electron chi connectivity index (χ1n) is 8.82. The molecule has 0 saturated carbocycles. The highest BCUT2D eigenvalue weighted by atomic mass is 32.2. The zero-order valence-electron chi connectivity index (χ0n) is 14.8. The first-order chi connectivity index (χ1) is 12.5. The molecule has 1 aliphatic heterocycles. The Morgan fingerprint density at radius 3 is 2.73 bits per heavy atom. The van der Waals surface area contributed by atoms with Crippen molar-refractivity contribution in [3.05, 3.63) is 48.5 Å². The van der Waals surface area contributed by atoms with E-state index in [9.17, 15) is 13.2 Å². The van der Waals surface area contributed by atoms with Crippen LogP contribution in [-0.4, -0.2) is 47.0 Å². The van der Waals surface area contributed by atoms with Crippen LogP contribution in [0.5, 0.6) is 0 Å². The van der Waals surface area contributed by atoms with Gasteiger partial charge in [-0.3, -0.25) is 4.79 Å². The molecule has 1 aromatic carbocycles. The first-order valence-corrected chi connectivity index (χ1v) is 10.4. The van der Waals surface area contributed by atoms with Gasteiger partial charge in [0.1, 0.15) is 0 Å². The average Bonchev–Trinajstić information content (AvgIpc) is 3.21. The maximum Gasteiger partial charge on any atom is 0.224 e. The molecule has 8 heteroatoms. The van der Waals surface area contributed by atoms with Crippen LogP contribution in [0.25, 0.3) is 5.69 Å². The van der Waals surface area contributed by atoms with Gasteiger partial charge >= 0.3 is 0 Å². The summed E-state index contributed by atoms with van der Waals surface area (Å²) >= 11 is 0. The molecule has 26 heavy (non-hydrogen) atoms. The number of nitrogens with zero attached hydrogens (tertiary/aromatic N) is 3. The van der Waals surface area contributed by atoms with Gasteiger partial charge in [-0.1, -0.05) is 12.1 Å². The first kappa shape index (κ1) is 18.6. The summed E-state index contributed by atoms with van der Waals surface area (Å²) < 4.78 is 27.4. The van der Waals surface area contributed by atoms with Gasteiger partial charge in [0, 0.05) is 37.7 Å². The Labute approximate surface area is 154 Å². The number of rotatable bonds is 6. The Bertz CT molecular complexity index is 832. The summed E-state index contributed by atoms with van der Waals surface area (Å²) in [5.41, 5.74) is 2.00. The molecule has 1 amide bonds. The number of hydrogen-bond acceptors (Lipinski definition) is 4. The van der Waals surface area contributed by atoms with Crippen molar-refractivity contribution in [3.63, 3.8) is 0 Å². The Hall–Kier alpha value is -2.19. The van der Waals surface area contributed by atoms with E-state index in [1.165, 1.54) is 4.31 Å². The summed E-state index contributed by atoms with van der Waals surface area (Å²) in [6, 6.07) is 7.87. The molecule has 0 spiro atoms. The van der Waals surface area contributed by atoms with Gasteiger partial charge in [0.2, 0.25) is 15.9 Å². The van der Waals surface area contributed by atoms with Crippen LogP contribution in [0.15, 0.2) is 43.0 Å². The molecule has 2 heterocycles. The third kappa shape index (κ3) is 4.31. The predicted octanol–water partition coefficient (Wildman–Crippen LogP) is 1.55. The predicted molar refractivity (Wildman–Crippen MR) is 99.2 cm³/mol. The average molecular weight is 376 g/mol. The van der Waals surface area contributed by atoms with Gasteiger partial charge in [0.15, 0.2) is 0 Å². The Morgan fingerprint density at radius 1 is 1.31 bits per heavy atom. The lowest BCUT2D eigenvalue weighted by atomic mass is 9.99. The fourth-order valence-corrected chi connectivity index (χ4v) is 4.30. The number of imidazole rings is 1. The standard InChI is InChI=1S/C18H24N4O3S/c1-2-26(24,25)22-10-3-4-16(13-22)18(23)20-12-15-5-7-17(8-6-15)21-11-9-19-14-21/h5-9,11,14,16H,2-4,10,12-13H2,1H3,(H,20,23)/t16-/m1/s1. The number of hydrogen-bond donors (Lipinski definition) is 1. The second kappa shape index (κ2) is 8.01. The molecular weight excluding hydrogens is 352 g/mol. The summed E-state index contributed by atoms with van der Waals surface area (Å²) in [4.78, 5) is 16.5. The molecular formula is C18H24N4O3S. The van der Waals surface area contributed by atoms with E-state index in [-0.39, 0.29) is 24.1 Å². The van der Waals surface area contributed by atoms with E-state index in [0.717, 1.165) is 24.1 Å². The molecule has 0 bridgehead atoms. The van der Waals surface area contributed by atoms with Gasteiger partial charge in [0.25, 0.3) is 0 Å². The molecule has 1 aromatic heterocycles. The molecule has 1 N–H and O–H groups in total. The highest BCUT2D eigenvalue weighted by Crippen LogP contribution is 2.20. The van der Waals surface area contributed by atoms with Gasteiger partial charge in [-0.2, -0.15) is 0 Å². The zero-order chi connectivity index (χ0) is 18.6. The molecule has 3 rings (SSSR count). The number of amides is 1. The van der Waals surface area contributed by atoms with Gasteiger partial charge in [-0.15, -0.1) is 0 Å².